The van der Waals surface area contributed by atoms with Crippen LogP contribution in [0.3, 0.4) is 0 Å². The third-order valence-electron chi connectivity index (χ3n) is 4.81. The van der Waals surface area contributed by atoms with E-state index in [4.69, 9.17) is 0 Å². The van der Waals surface area contributed by atoms with Gasteiger partial charge in [-0.15, -0.1) is 0 Å². The van der Waals surface area contributed by atoms with E-state index in [1.54, 1.807) is 0 Å². The van der Waals surface area contributed by atoms with Gasteiger partial charge < -0.3 is 15.3 Å². The zero-order valence-electron chi connectivity index (χ0n) is 10.1. The molecule has 3 saturated heterocycles. The summed E-state index contributed by atoms with van der Waals surface area (Å²) < 4.78 is 0. The van der Waals surface area contributed by atoms with E-state index in [2.05, 4.69) is 10.2 Å². The summed E-state index contributed by atoms with van der Waals surface area (Å²) in [5.41, 5.74) is 0. The van der Waals surface area contributed by atoms with Gasteiger partial charge in [0.1, 0.15) is 0 Å². The molecule has 0 aromatic rings. The van der Waals surface area contributed by atoms with E-state index in [1.165, 1.54) is 51.7 Å². The topological polar surface area (TPSA) is 35.5 Å². The SMILES string of the molecule is OC1CCCCC1NC1CN2CCC1CC2. The summed E-state index contributed by atoms with van der Waals surface area (Å²) in [4.78, 5) is 2.58. The number of nitrogens with zero attached hydrogens (tertiary/aromatic N) is 1. The molecule has 0 spiro atoms. The Morgan fingerprint density at radius 2 is 1.69 bits per heavy atom. The zero-order chi connectivity index (χ0) is 11.0. The molecule has 3 aliphatic heterocycles. The number of fused-ring (bicyclic) bond motifs is 3. The van der Waals surface area contributed by atoms with E-state index < -0.39 is 0 Å². The molecule has 3 nitrogen and oxygen atoms in total. The van der Waals surface area contributed by atoms with Gasteiger partial charge in [-0.3, -0.25) is 0 Å². The van der Waals surface area contributed by atoms with Gasteiger partial charge in [-0.1, -0.05) is 12.8 Å². The van der Waals surface area contributed by atoms with E-state index in [0.29, 0.717) is 12.1 Å². The Labute approximate surface area is 98.2 Å². The van der Waals surface area contributed by atoms with Crippen molar-refractivity contribution >= 4 is 0 Å². The Hall–Kier alpha value is -0.120. The van der Waals surface area contributed by atoms with Crippen LogP contribution in [-0.4, -0.2) is 47.8 Å². The van der Waals surface area contributed by atoms with E-state index in [9.17, 15) is 5.11 Å². The minimum atomic E-state index is -0.0933. The smallest absolute Gasteiger partial charge is 0.0693 e. The van der Waals surface area contributed by atoms with Crippen molar-refractivity contribution in [1.82, 2.24) is 10.2 Å². The molecular formula is C13H24N2O. The highest BCUT2D eigenvalue weighted by Gasteiger charge is 2.36. The fraction of sp³-hybridized carbons (Fsp3) is 1.00. The molecule has 0 aromatic carbocycles. The summed E-state index contributed by atoms with van der Waals surface area (Å²) >= 11 is 0. The maximum absolute atomic E-state index is 9.99. The molecule has 1 saturated carbocycles. The second kappa shape index (κ2) is 4.63. The highest BCUT2D eigenvalue weighted by atomic mass is 16.3. The van der Waals surface area contributed by atoms with Gasteiger partial charge in [0, 0.05) is 18.6 Å². The van der Waals surface area contributed by atoms with Crippen LogP contribution in [0.25, 0.3) is 0 Å². The second-order valence-electron chi connectivity index (χ2n) is 5.87. The number of piperidine rings is 3. The second-order valence-corrected chi connectivity index (χ2v) is 5.87. The summed E-state index contributed by atoms with van der Waals surface area (Å²) in [6, 6.07) is 1.03. The molecule has 1 aliphatic carbocycles. The molecule has 3 heterocycles. The first-order valence-corrected chi connectivity index (χ1v) is 6.99. The third kappa shape index (κ3) is 2.13. The van der Waals surface area contributed by atoms with Crippen LogP contribution in [0.4, 0.5) is 0 Å². The Bertz CT molecular complexity index is 238. The lowest BCUT2D eigenvalue weighted by Crippen LogP contribution is -2.60. The van der Waals surface area contributed by atoms with Crippen molar-refractivity contribution in [3.8, 4) is 0 Å². The molecule has 0 amide bonds. The van der Waals surface area contributed by atoms with Crippen LogP contribution < -0.4 is 5.32 Å². The number of rotatable bonds is 2. The van der Waals surface area contributed by atoms with Gasteiger partial charge >= 0.3 is 0 Å². The average molecular weight is 224 g/mol. The number of nitrogens with one attached hydrogen (secondary N) is 1. The molecule has 4 aliphatic rings. The van der Waals surface area contributed by atoms with Gasteiger partial charge in [0.15, 0.2) is 0 Å². The van der Waals surface area contributed by atoms with Crippen molar-refractivity contribution in [2.75, 3.05) is 19.6 Å². The molecule has 2 N–H and O–H groups in total. The average Bonchev–Trinajstić information content (AvgIpc) is 2.34. The first-order chi connectivity index (χ1) is 7.83. The van der Waals surface area contributed by atoms with E-state index in [-0.39, 0.29) is 6.10 Å². The number of aliphatic hydroxyl groups excluding tert-OH is 1. The Balaban J connectivity index is 1.57. The van der Waals surface area contributed by atoms with Gasteiger partial charge in [0.2, 0.25) is 0 Å². The summed E-state index contributed by atoms with van der Waals surface area (Å²) in [7, 11) is 0. The van der Waals surface area contributed by atoms with Gasteiger partial charge in [-0.05, 0) is 44.7 Å². The van der Waals surface area contributed by atoms with Crippen LogP contribution >= 0.6 is 0 Å². The first kappa shape index (κ1) is 11.0. The van der Waals surface area contributed by atoms with Gasteiger partial charge in [-0.25, -0.2) is 0 Å². The molecule has 4 fully saturated rings. The molecule has 0 aromatic heterocycles. The lowest BCUT2D eigenvalue weighted by Gasteiger charge is -2.47. The molecule has 0 radical (unpaired) electrons. The number of hydrogen-bond acceptors (Lipinski definition) is 3. The largest absolute Gasteiger partial charge is 0.392 e. The van der Waals surface area contributed by atoms with Gasteiger partial charge in [0.25, 0.3) is 0 Å². The van der Waals surface area contributed by atoms with E-state index >= 15 is 0 Å². The summed E-state index contributed by atoms with van der Waals surface area (Å²) in [6.45, 7) is 3.82. The lowest BCUT2D eigenvalue weighted by atomic mass is 9.82. The molecule has 2 bridgehead atoms. The molecule has 92 valence electrons. The van der Waals surface area contributed by atoms with Crippen molar-refractivity contribution in [3.05, 3.63) is 0 Å². The minimum Gasteiger partial charge on any atom is -0.392 e. The maximum Gasteiger partial charge on any atom is 0.0693 e. The monoisotopic (exact) mass is 224 g/mol. The molecular weight excluding hydrogens is 200 g/mol. The number of hydrogen-bond donors (Lipinski definition) is 2. The standard InChI is InChI=1S/C13H24N2O/c16-13-4-2-1-3-11(13)14-12-9-15-7-5-10(12)6-8-15/h10-14,16H,1-9H2. The predicted octanol–water partition coefficient (Wildman–Crippen LogP) is 0.974. The summed E-state index contributed by atoms with van der Waals surface area (Å²) in [6.07, 6.45) is 7.30. The van der Waals surface area contributed by atoms with Crippen molar-refractivity contribution in [2.45, 2.75) is 56.7 Å². The molecule has 3 unspecified atom stereocenters. The summed E-state index contributed by atoms with van der Waals surface area (Å²) in [5.74, 6) is 0.874. The zero-order valence-corrected chi connectivity index (χ0v) is 10.1. The van der Waals surface area contributed by atoms with Crippen molar-refractivity contribution in [3.63, 3.8) is 0 Å². The van der Waals surface area contributed by atoms with Crippen LogP contribution in [0.5, 0.6) is 0 Å². The van der Waals surface area contributed by atoms with Crippen molar-refractivity contribution < 1.29 is 5.11 Å². The number of aliphatic hydroxyl groups is 1. The van der Waals surface area contributed by atoms with E-state index in [1.807, 2.05) is 0 Å². The Morgan fingerprint density at radius 3 is 2.31 bits per heavy atom. The Morgan fingerprint density at radius 1 is 0.938 bits per heavy atom. The van der Waals surface area contributed by atoms with Crippen LogP contribution in [0, 0.1) is 5.92 Å². The van der Waals surface area contributed by atoms with Crippen molar-refractivity contribution in [2.24, 2.45) is 5.92 Å². The minimum absolute atomic E-state index is 0.0933. The van der Waals surface area contributed by atoms with Gasteiger partial charge in [0.05, 0.1) is 6.10 Å². The van der Waals surface area contributed by atoms with Crippen LogP contribution in [0.15, 0.2) is 0 Å². The molecule has 3 atom stereocenters. The highest BCUT2D eigenvalue weighted by Crippen LogP contribution is 2.29. The highest BCUT2D eigenvalue weighted by molar-refractivity contribution is 4.94. The quantitative estimate of drug-likeness (QED) is 0.734. The maximum atomic E-state index is 9.99. The Kier molecular flexibility index (Phi) is 3.18. The van der Waals surface area contributed by atoms with Crippen LogP contribution in [-0.2, 0) is 0 Å². The third-order valence-corrected chi connectivity index (χ3v) is 4.81. The molecule has 16 heavy (non-hydrogen) atoms. The predicted molar refractivity (Wildman–Crippen MR) is 64.4 cm³/mol. The van der Waals surface area contributed by atoms with Crippen LogP contribution in [0.1, 0.15) is 38.5 Å². The van der Waals surface area contributed by atoms with Crippen molar-refractivity contribution in [1.29, 1.82) is 0 Å². The first-order valence-electron chi connectivity index (χ1n) is 6.99. The van der Waals surface area contributed by atoms with E-state index in [0.717, 1.165) is 12.3 Å². The summed E-state index contributed by atoms with van der Waals surface area (Å²) in [5, 5.41) is 13.7. The van der Waals surface area contributed by atoms with Crippen LogP contribution in [0.2, 0.25) is 0 Å². The fourth-order valence-corrected chi connectivity index (χ4v) is 3.73. The molecule has 3 heteroatoms. The normalized spacial score (nSPS) is 48.2. The molecule has 4 rings (SSSR count). The fourth-order valence-electron chi connectivity index (χ4n) is 3.73. The van der Waals surface area contributed by atoms with Gasteiger partial charge in [-0.2, -0.15) is 0 Å². The lowest BCUT2D eigenvalue weighted by molar-refractivity contribution is 0.0346.